The molecule has 0 atom stereocenters. The quantitative estimate of drug-likeness (QED) is 0.234. The summed E-state index contributed by atoms with van der Waals surface area (Å²) in [7, 11) is 0. The standard InChI is InChI=1S/C32H23N7O/c40-31(13-20-5-2-1-3-6-20)36-23-14-22(17-34-18-23)28-16-26-30(19-35-28)38-39-32(26)29-15-25-24(7-4-8-27(25)37-29)21-9-11-33-12-10-21/h1-12,14-19,37H,13H2,(H,36,40)(H,38,39). The van der Waals surface area contributed by atoms with Crippen LogP contribution in [0.4, 0.5) is 5.69 Å². The Labute approximate surface area is 229 Å². The Hall–Kier alpha value is -5.63. The maximum Gasteiger partial charge on any atom is 0.228 e. The van der Waals surface area contributed by atoms with Gasteiger partial charge in [-0.1, -0.05) is 42.5 Å². The molecule has 0 fully saturated rings. The Bertz CT molecular complexity index is 1980. The highest BCUT2D eigenvalue weighted by Gasteiger charge is 2.15. The molecule has 7 aromatic rings. The minimum absolute atomic E-state index is 0.101. The molecule has 192 valence electrons. The second-order valence-electron chi connectivity index (χ2n) is 9.55. The zero-order chi connectivity index (χ0) is 26.9. The number of aromatic amines is 2. The number of amides is 1. The molecule has 5 heterocycles. The minimum Gasteiger partial charge on any atom is -0.353 e. The summed E-state index contributed by atoms with van der Waals surface area (Å²) in [4.78, 5) is 29.2. The fourth-order valence-corrected chi connectivity index (χ4v) is 4.98. The van der Waals surface area contributed by atoms with E-state index >= 15 is 0 Å². The van der Waals surface area contributed by atoms with Crippen molar-refractivity contribution in [3.63, 3.8) is 0 Å². The van der Waals surface area contributed by atoms with E-state index in [1.165, 1.54) is 0 Å². The molecule has 0 saturated heterocycles. The number of carbonyl (C=O) groups excluding carboxylic acids is 1. The van der Waals surface area contributed by atoms with Crippen LogP contribution in [-0.4, -0.2) is 36.0 Å². The summed E-state index contributed by atoms with van der Waals surface area (Å²) in [6.07, 6.45) is 9.05. The first-order chi connectivity index (χ1) is 19.7. The third kappa shape index (κ3) is 4.48. The molecular weight excluding hydrogens is 498 g/mol. The number of anilines is 1. The van der Waals surface area contributed by atoms with Crippen LogP contribution in [-0.2, 0) is 11.2 Å². The minimum atomic E-state index is -0.101. The van der Waals surface area contributed by atoms with Crippen molar-refractivity contribution in [2.75, 3.05) is 5.32 Å². The van der Waals surface area contributed by atoms with Crippen LogP contribution in [0, 0.1) is 0 Å². The Morgan fingerprint density at radius 3 is 2.52 bits per heavy atom. The molecule has 0 spiro atoms. The molecule has 0 aliphatic carbocycles. The van der Waals surface area contributed by atoms with E-state index in [9.17, 15) is 4.79 Å². The lowest BCUT2D eigenvalue weighted by Gasteiger charge is -2.07. The number of benzene rings is 2. The largest absolute Gasteiger partial charge is 0.353 e. The lowest BCUT2D eigenvalue weighted by Crippen LogP contribution is -2.14. The summed E-state index contributed by atoms with van der Waals surface area (Å²) < 4.78 is 0. The first-order valence-electron chi connectivity index (χ1n) is 12.9. The fourth-order valence-electron chi connectivity index (χ4n) is 4.98. The number of hydrogen-bond acceptors (Lipinski definition) is 5. The SMILES string of the molecule is O=C(Cc1ccccc1)Nc1cncc(-c2cc3c(-c4cc5c(-c6ccncc6)cccc5[nH]4)n[nH]c3cn2)c1. The van der Waals surface area contributed by atoms with Crippen LogP contribution in [0.1, 0.15) is 5.56 Å². The maximum absolute atomic E-state index is 12.6. The van der Waals surface area contributed by atoms with E-state index in [1.807, 2.05) is 60.7 Å². The van der Waals surface area contributed by atoms with Crippen molar-refractivity contribution in [3.8, 4) is 33.8 Å². The van der Waals surface area contributed by atoms with Gasteiger partial charge in [0.05, 0.1) is 41.4 Å². The Balaban J connectivity index is 1.21. The molecule has 3 N–H and O–H groups in total. The van der Waals surface area contributed by atoms with Crippen molar-refractivity contribution in [1.29, 1.82) is 0 Å². The van der Waals surface area contributed by atoms with Crippen LogP contribution >= 0.6 is 0 Å². The van der Waals surface area contributed by atoms with Gasteiger partial charge in [-0.3, -0.25) is 24.8 Å². The van der Waals surface area contributed by atoms with Crippen molar-refractivity contribution in [2.45, 2.75) is 6.42 Å². The molecule has 0 saturated carbocycles. The highest BCUT2D eigenvalue weighted by atomic mass is 16.1. The third-order valence-corrected chi connectivity index (χ3v) is 6.88. The Morgan fingerprint density at radius 2 is 1.65 bits per heavy atom. The molecular formula is C32H23N7O. The molecule has 1 amide bonds. The average Bonchev–Trinajstić information content (AvgIpc) is 3.62. The number of H-pyrrole nitrogens is 2. The number of nitrogens with one attached hydrogen (secondary N) is 3. The van der Waals surface area contributed by atoms with Gasteiger partial charge in [-0.15, -0.1) is 0 Å². The summed E-state index contributed by atoms with van der Waals surface area (Å²) in [5, 5.41) is 12.7. The van der Waals surface area contributed by atoms with Crippen LogP contribution in [0.5, 0.6) is 0 Å². The maximum atomic E-state index is 12.6. The number of fused-ring (bicyclic) bond motifs is 2. The molecule has 7 rings (SSSR count). The number of hydrogen-bond donors (Lipinski definition) is 3. The smallest absolute Gasteiger partial charge is 0.228 e. The second kappa shape index (κ2) is 9.92. The van der Waals surface area contributed by atoms with E-state index in [2.05, 4.69) is 53.6 Å². The van der Waals surface area contributed by atoms with Crippen molar-refractivity contribution in [2.24, 2.45) is 0 Å². The van der Waals surface area contributed by atoms with Gasteiger partial charge in [-0.2, -0.15) is 5.10 Å². The first kappa shape index (κ1) is 23.5. The molecule has 0 unspecified atom stereocenters. The lowest BCUT2D eigenvalue weighted by molar-refractivity contribution is -0.115. The molecule has 8 nitrogen and oxygen atoms in total. The number of aromatic nitrogens is 6. The Morgan fingerprint density at radius 1 is 0.775 bits per heavy atom. The van der Waals surface area contributed by atoms with E-state index in [0.717, 1.165) is 61.1 Å². The van der Waals surface area contributed by atoms with Crippen LogP contribution in [0.25, 0.3) is 55.6 Å². The summed E-state index contributed by atoms with van der Waals surface area (Å²) in [5.74, 6) is -0.101. The van der Waals surface area contributed by atoms with Gasteiger partial charge in [0, 0.05) is 40.4 Å². The third-order valence-electron chi connectivity index (χ3n) is 6.88. The van der Waals surface area contributed by atoms with Gasteiger partial charge in [-0.05, 0) is 53.1 Å². The molecule has 0 bridgehead atoms. The van der Waals surface area contributed by atoms with Crippen LogP contribution in [0.15, 0.2) is 110 Å². The molecule has 40 heavy (non-hydrogen) atoms. The molecule has 0 aliphatic rings. The average molecular weight is 522 g/mol. The van der Waals surface area contributed by atoms with Crippen molar-refractivity contribution in [1.82, 2.24) is 30.1 Å². The highest BCUT2D eigenvalue weighted by molar-refractivity contribution is 6.01. The fraction of sp³-hybridized carbons (Fsp3) is 0.0312. The molecule has 2 aromatic carbocycles. The molecule has 0 aliphatic heterocycles. The zero-order valence-electron chi connectivity index (χ0n) is 21.3. The lowest BCUT2D eigenvalue weighted by atomic mass is 10.0. The van der Waals surface area contributed by atoms with E-state index in [-0.39, 0.29) is 5.91 Å². The van der Waals surface area contributed by atoms with Gasteiger partial charge in [0.2, 0.25) is 5.91 Å². The van der Waals surface area contributed by atoms with Crippen molar-refractivity contribution < 1.29 is 4.79 Å². The van der Waals surface area contributed by atoms with Gasteiger partial charge < -0.3 is 10.3 Å². The summed E-state index contributed by atoms with van der Waals surface area (Å²) in [6, 6.07) is 25.9. The summed E-state index contributed by atoms with van der Waals surface area (Å²) in [5.41, 5.74) is 8.88. The number of rotatable bonds is 6. The number of nitrogens with zero attached hydrogens (tertiary/aromatic N) is 4. The first-order valence-corrected chi connectivity index (χ1v) is 12.9. The van der Waals surface area contributed by atoms with Crippen LogP contribution in [0.3, 0.4) is 0 Å². The molecule has 5 aromatic heterocycles. The number of pyridine rings is 3. The summed E-state index contributed by atoms with van der Waals surface area (Å²) >= 11 is 0. The van der Waals surface area contributed by atoms with Crippen LogP contribution in [0.2, 0.25) is 0 Å². The van der Waals surface area contributed by atoms with E-state index in [4.69, 9.17) is 0 Å². The topological polar surface area (TPSA) is 112 Å². The van der Waals surface area contributed by atoms with Crippen molar-refractivity contribution >= 4 is 33.4 Å². The Kier molecular flexibility index (Phi) is 5.82. The summed E-state index contributed by atoms with van der Waals surface area (Å²) in [6.45, 7) is 0. The normalized spacial score (nSPS) is 11.2. The predicted molar refractivity (Wildman–Crippen MR) is 156 cm³/mol. The number of carbonyl (C=O) groups is 1. The van der Waals surface area contributed by atoms with Gasteiger partial charge in [0.15, 0.2) is 0 Å². The van der Waals surface area contributed by atoms with Gasteiger partial charge in [-0.25, -0.2) is 0 Å². The van der Waals surface area contributed by atoms with Crippen molar-refractivity contribution in [3.05, 3.63) is 115 Å². The van der Waals surface area contributed by atoms with E-state index < -0.39 is 0 Å². The van der Waals surface area contributed by atoms with Gasteiger partial charge >= 0.3 is 0 Å². The van der Waals surface area contributed by atoms with E-state index in [0.29, 0.717) is 12.1 Å². The highest BCUT2D eigenvalue weighted by Crippen LogP contribution is 2.34. The predicted octanol–water partition coefficient (Wildman–Crippen LogP) is 6.41. The monoisotopic (exact) mass is 521 g/mol. The second-order valence-corrected chi connectivity index (χ2v) is 9.55. The van der Waals surface area contributed by atoms with Gasteiger partial charge in [0.1, 0.15) is 5.69 Å². The van der Waals surface area contributed by atoms with Crippen LogP contribution < -0.4 is 5.32 Å². The zero-order valence-corrected chi connectivity index (χ0v) is 21.3. The molecule has 0 radical (unpaired) electrons. The molecule has 8 heteroatoms. The van der Waals surface area contributed by atoms with E-state index in [1.54, 1.807) is 31.0 Å². The van der Waals surface area contributed by atoms with Gasteiger partial charge in [0.25, 0.3) is 0 Å².